The highest BCUT2D eigenvalue weighted by atomic mass is 16.5. The molecule has 0 spiro atoms. The smallest absolute Gasteiger partial charge is 0.134 e. The molecule has 0 bridgehead atoms. The molecule has 1 aromatic rings. The first-order valence-electron chi connectivity index (χ1n) is 6.52. The third-order valence-corrected chi connectivity index (χ3v) is 2.68. The average Bonchev–Trinajstić information content (AvgIpc) is 2.41. The van der Waals surface area contributed by atoms with Gasteiger partial charge in [0.1, 0.15) is 17.5 Å². The van der Waals surface area contributed by atoms with Gasteiger partial charge in [-0.25, -0.2) is 9.97 Å². The fourth-order valence-electron chi connectivity index (χ4n) is 1.67. The number of aromatic nitrogens is 2. The highest BCUT2D eigenvalue weighted by Gasteiger charge is 2.07. The number of methoxy groups -OCH3 is 1. The molecule has 1 heterocycles. The predicted molar refractivity (Wildman–Crippen MR) is 76.9 cm³/mol. The highest BCUT2D eigenvalue weighted by Crippen LogP contribution is 2.18. The molecular weight excluding hydrogens is 244 g/mol. The summed E-state index contributed by atoms with van der Waals surface area (Å²) in [6.45, 7) is 6.73. The number of hydrogen-bond acceptors (Lipinski definition) is 6. The van der Waals surface area contributed by atoms with E-state index >= 15 is 0 Å². The maximum Gasteiger partial charge on any atom is 0.134 e. The van der Waals surface area contributed by atoms with Crippen LogP contribution in [0.3, 0.4) is 0 Å². The van der Waals surface area contributed by atoms with Gasteiger partial charge < -0.3 is 20.1 Å². The lowest BCUT2D eigenvalue weighted by molar-refractivity contribution is 0.0705. The number of rotatable bonds is 9. The third kappa shape index (κ3) is 5.40. The number of nitrogens with zero attached hydrogens (tertiary/aromatic N) is 2. The van der Waals surface area contributed by atoms with Crippen molar-refractivity contribution in [3.63, 3.8) is 0 Å². The summed E-state index contributed by atoms with van der Waals surface area (Å²) in [6.07, 6.45) is 0.932. The lowest BCUT2D eigenvalue weighted by Gasteiger charge is -2.12. The van der Waals surface area contributed by atoms with Crippen LogP contribution in [0.1, 0.15) is 17.8 Å². The Hall–Kier alpha value is -1.40. The third-order valence-electron chi connectivity index (χ3n) is 2.68. The Balaban J connectivity index is 2.35. The van der Waals surface area contributed by atoms with Crippen molar-refractivity contribution in [2.24, 2.45) is 0 Å². The summed E-state index contributed by atoms with van der Waals surface area (Å²) < 4.78 is 10.3. The molecule has 108 valence electrons. The van der Waals surface area contributed by atoms with E-state index in [1.807, 2.05) is 20.9 Å². The average molecular weight is 268 g/mol. The van der Waals surface area contributed by atoms with Gasteiger partial charge in [-0.05, 0) is 20.3 Å². The molecule has 0 unspecified atom stereocenters. The van der Waals surface area contributed by atoms with Crippen LogP contribution < -0.4 is 10.6 Å². The van der Waals surface area contributed by atoms with Crippen molar-refractivity contribution in [2.75, 3.05) is 51.2 Å². The molecule has 6 heteroatoms. The fourth-order valence-corrected chi connectivity index (χ4v) is 1.67. The van der Waals surface area contributed by atoms with Crippen LogP contribution in [0.2, 0.25) is 0 Å². The zero-order valence-electron chi connectivity index (χ0n) is 12.2. The van der Waals surface area contributed by atoms with E-state index in [-0.39, 0.29) is 0 Å². The van der Waals surface area contributed by atoms with Gasteiger partial charge in [-0.1, -0.05) is 0 Å². The maximum atomic E-state index is 5.40. The van der Waals surface area contributed by atoms with Crippen molar-refractivity contribution >= 4 is 11.6 Å². The molecule has 2 N–H and O–H groups in total. The van der Waals surface area contributed by atoms with Crippen LogP contribution in [-0.4, -0.2) is 50.5 Å². The van der Waals surface area contributed by atoms with E-state index in [1.165, 1.54) is 0 Å². The molecule has 0 aliphatic rings. The van der Waals surface area contributed by atoms with Gasteiger partial charge in [0, 0.05) is 32.9 Å². The molecule has 0 aliphatic heterocycles. The van der Waals surface area contributed by atoms with Crippen LogP contribution in [0.25, 0.3) is 0 Å². The summed E-state index contributed by atoms with van der Waals surface area (Å²) in [5.41, 5.74) is 1.04. The van der Waals surface area contributed by atoms with Crippen LogP contribution in [0.5, 0.6) is 0 Å². The van der Waals surface area contributed by atoms with E-state index in [2.05, 4.69) is 20.6 Å². The summed E-state index contributed by atoms with van der Waals surface area (Å²) in [5.74, 6) is 2.51. The van der Waals surface area contributed by atoms with Gasteiger partial charge in [0.25, 0.3) is 0 Å². The normalized spacial score (nSPS) is 10.5. The molecule has 6 nitrogen and oxygen atoms in total. The Morgan fingerprint density at radius 3 is 2.47 bits per heavy atom. The predicted octanol–water partition coefficient (Wildman–Crippen LogP) is 1.60. The largest absolute Gasteiger partial charge is 0.382 e. The van der Waals surface area contributed by atoms with Gasteiger partial charge in [-0.15, -0.1) is 0 Å². The lowest BCUT2D eigenvalue weighted by atomic mass is 10.3. The lowest BCUT2D eigenvalue weighted by Crippen LogP contribution is -2.12. The van der Waals surface area contributed by atoms with E-state index in [4.69, 9.17) is 9.47 Å². The molecule has 0 atom stereocenters. The number of aryl methyl sites for hydroxylation is 1. The van der Waals surface area contributed by atoms with Gasteiger partial charge >= 0.3 is 0 Å². The van der Waals surface area contributed by atoms with Gasteiger partial charge in [0.2, 0.25) is 0 Å². The van der Waals surface area contributed by atoms with Crippen LogP contribution in [-0.2, 0) is 9.47 Å². The first kappa shape index (κ1) is 15.7. The summed E-state index contributed by atoms with van der Waals surface area (Å²) in [7, 11) is 3.53. The minimum atomic E-state index is 0.642. The van der Waals surface area contributed by atoms with E-state index in [9.17, 15) is 0 Å². The Kier molecular flexibility index (Phi) is 7.14. The van der Waals surface area contributed by atoms with Crippen LogP contribution in [0.4, 0.5) is 11.6 Å². The highest BCUT2D eigenvalue weighted by molar-refractivity contribution is 5.56. The maximum absolute atomic E-state index is 5.40. The second-order valence-corrected chi connectivity index (χ2v) is 4.23. The van der Waals surface area contributed by atoms with Crippen molar-refractivity contribution in [3.8, 4) is 0 Å². The molecule has 0 amide bonds. The van der Waals surface area contributed by atoms with Crippen molar-refractivity contribution < 1.29 is 9.47 Å². The summed E-state index contributed by atoms with van der Waals surface area (Å²) in [4.78, 5) is 8.73. The summed E-state index contributed by atoms with van der Waals surface area (Å²) in [6, 6.07) is 0. The number of nitrogens with one attached hydrogen (secondary N) is 2. The standard InChI is InChI=1S/C13H24N4O2/c1-10-12(14-3)16-11(2)17-13(10)15-6-5-7-19-9-8-18-4/h5-9H2,1-4H3,(H2,14,15,16,17). The SMILES string of the molecule is CNc1nc(C)nc(NCCCOCCOC)c1C. The zero-order valence-corrected chi connectivity index (χ0v) is 12.2. The molecule has 0 saturated carbocycles. The molecule has 0 aromatic carbocycles. The molecule has 0 radical (unpaired) electrons. The van der Waals surface area contributed by atoms with E-state index in [0.29, 0.717) is 13.2 Å². The van der Waals surface area contributed by atoms with E-state index in [1.54, 1.807) is 7.11 Å². The minimum absolute atomic E-state index is 0.642. The molecule has 0 fully saturated rings. The topological polar surface area (TPSA) is 68.3 Å². The molecule has 0 saturated heterocycles. The first-order chi connectivity index (χ1) is 9.19. The molecule has 19 heavy (non-hydrogen) atoms. The van der Waals surface area contributed by atoms with Crippen molar-refractivity contribution in [1.29, 1.82) is 0 Å². The van der Waals surface area contributed by atoms with Crippen LogP contribution in [0, 0.1) is 13.8 Å². The molecular formula is C13H24N4O2. The minimum Gasteiger partial charge on any atom is -0.382 e. The van der Waals surface area contributed by atoms with Gasteiger partial charge in [-0.2, -0.15) is 0 Å². The fraction of sp³-hybridized carbons (Fsp3) is 0.692. The van der Waals surface area contributed by atoms with Crippen molar-refractivity contribution in [2.45, 2.75) is 20.3 Å². The Morgan fingerprint density at radius 2 is 1.79 bits per heavy atom. The Bertz CT molecular complexity index is 385. The second kappa shape index (κ2) is 8.66. The monoisotopic (exact) mass is 268 g/mol. The van der Waals surface area contributed by atoms with E-state index < -0.39 is 0 Å². The van der Waals surface area contributed by atoms with Crippen molar-refractivity contribution in [1.82, 2.24) is 9.97 Å². The van der Waals surface area contributed by atoms with E-state index in [0.717, 1.165) is 42.6 Å². The summed E-state index contributed by atoms with van der Waals surface area (Å²) >= 11 is 0. The molecule has 1 rings (SSSR count). The second-order valence-electron chi connectivity index (χ2n) is 4.23. The van der Waals surface area contributed by atoms with Crippen LogP contribution in [0.15, 0.2) is 0 Å². The van der Waals surface area contributed by atoms with Crippen molar-refractivity contribution in [3.05, 3.63) is 11.4 Å². The van der Waals surface area contributed by atoms with Gasteiger partial charge in [0.15, 0.2) is 0 Å². The molecule has 0 aliphatic carbocycles. The number of hydrogen-bond donors (Lipinski definition) is 2. The molecule has 1 aromatic heterocycles. The quantitative estimate of drug-likeness (QED) is 0.663. The van der Waals surface area contributed by atoms with Gasteiger partial charge in [-0.3, -0.25) is 0 Å². The number of anilines is 2. The first-order valence-corrected chi connectivity index (χ1v) is 6.52. The van der Waals surface area contributed by atoms with Crippen LogP contribution >= 0.6 is 0 Å². The van der Waals surface area contributed by atoms with Gasteiger partial charge in [0.05, 0.1) is 13.2 Å². The Labute approximate surface area is 114 Å². The Morgan fingerprint density at radius 1 is 1.05 bits per heavy atom. The zero-order chi connectivity index (χ0) is 14.1. The summed E-state index contributed by atoms with van der Waals surface area (Å²) in [5, 5.41) is 6.39. The number of ether oxygens (including phenoxy) is 2.